The third kappa shape index (κ3) is 3.39. The Morgan fingerprint density at radius 2 is 1.62 bits per heavy atom. The van der Waals surface area contributed by atoms with Gasteiger partial charge in [0.15, 0.2) is 0 Å². The second-order valence-electron chi connectivity index (χ2n) is 7.47. The third-order valence-corrected chi connectivity index (χ3v) is 6.17. The zero-order chi connectivity index (χ0) is 22.5. The molecular weight excluding hydrogens is 439 g/mol. The maximum atomic E-state index is 14.0. The van der Waals surface area contributed by atoms with Crippen LogP contribution in [0.4, 0.5) is 18.3 Å². The number of anilines is 1. The zero-order valence-electron chi connectivity index (χ0n) is 16.4. The first-order valence-corrected chi connectivity index (χ1v) is 10.5. The Balaban J connectivity index is 1.56. The molecule has 0 fully saturated rings. The lowest BCUT2D eigenvalue weighted by Crippen LogP contribution is -2.55. The maximum absolute atomic E-state index is 14.0. The number of aliphatic hydroxyl groups is 1. The number of fused-ring (bicyclic) bond motifs is 1. The number of hydrogen-bond donors (Lipinski definition) is 2. The van der Waals surface area contributed by atoms with Crippen LogP contribution < -0.4 is 5.01 Å². The summed E-state index contributed by atoms with van der Waals surface area (Å²) in [5.41, 5.74) is -1.54. The summed E-state index contributed by atoms with van der Waals surface area (Å²) in [5, 5.41) is 28.2. The van der Waals surface area contributed by atoms with Crippen molar-refractivity contribution in [2.75, 3.05) is 5.01 Å². The molecule has 5 nitrogen and oxygen atoms in total. The van der Waals surface area contributed by atoms with Gasteiger partial charge in [-0.3, -0.25) is 0 Å². The minimum atomic E-state index is -4.96. The highest BCUT2D eigenvalue weighted by molar-refractivity contribution is 7.14. The topological polar surface area (TPSA) is 69.0 Å². The molecular formula is C23H16F3N3O2S. The van der Waals surface area contributed by atoms with Gasteiger partial charge in [0.25, 0.3) is 5.72 Å². The fourth-order valence-corrected chi connectivity index (χ4v) is 4.47. The third-order valence-electron chi connectivity index (χ3n) is 5.36. The molecule has 0 bridgehead atoms. The minimum Gasteiger partial charge on any atom is -0.508 e. The van der Waals surface area contributed by atoms with Gasteiger partial charge in [-0.05, 0) is 46.7 Å². The highest BCUT2D eigenvalue weighted by Crippen LogP contribution is 2.45. The van der Waals surface area contributed by atoms with Crippen molar-refractivity contribution >= 4 is 33.0 Å². The average Bonchev–Trinajstić information content (AvgIpc) is 3.39. The molecule has 32 heavy (non-hydrogen) atoms. The van der Waals surface area contributed by atoms with Crippen LogP contribution in [0.15, 0.2) is 77.2 Å². The fourth-order valence-electron chi connectivity index (χ4n) is 3.62. The second kappa shape index (κ2) is 7.32. The average molecular weight is 455 g/mol. The Morgan fingerprint density at radius 3 is 2.34 bits per heavy atom. The molecule has 2 heterocycles. The van der Waals surface area contributed by atoms with Crippen LogP contribution >= 0.6 is 11.3 Å². The molecule has 0 aliphatic carbocycles. The predicted octanol–water partition coefficient (Wildman–Crippen LogP) is 5.53. The number of benzene rings is 3. The standard InChI is InChI=1S/C23H16F3N3O2S/c24-23(25,26)22(31)12-19(17-6-5-14-3-1-2-4-16(14)11-17)28-29(22)21-27-20(13-32-21)15-7-9-18(30)10-8-15/h1-11,13,30-31H,12H2/t22-/m0/s1. The van der Waals surface area contributed by atoms with E-state index in [1.807, 2.05) is 30.3 Å². The summed E-state index contributed by atoms with van der Waals surface area (Å²) in [6.07, 6.45) is -5.68. The quantitative estimate of drug-likeness (QED) is 0.426. The summed E-state index contributed by atoms with van der Waals surface area (Å²) < 4.78 is 41.9. The van der Waals surface area contributed by atoms with Crippen molar-refractivity contribution in [3.63, 3.8) is 0 Å². The molecule has 1 aliphatic rings. The molecule has 1 atom stereocenters. The van der Waals surface area contributed by atoms with Gasteiger partial charge < -0.3 is 10.2 Å². The Bertz CT molecular complexity index is 1330. The Hall–Kier alpha value is -3.43. The number of hydrazone groups is 1. The number of thiazole rings is 1. The van der Waals surface area contributed by atoms with E-state index in [9.17, 15) is 23.4 Å². The molecule has 0 saturated heterocycles. The van der Waals surface area contributed by atoms with Crippen LogP contribution in [0.1, 0.15) is 12.0 Å². The van der Waals surface area contributed by atoms with Gasteiger partial charge >= 0.3 is 6.18 Å². The Labute approximate surface area is 184 Å². The van der Waals surface area contributed by atoms with Crippen LogP contribution in [-0.4, -0.2) is 32.8 Å². The number of phenols is 1. The minimum absolute atomic E-state index is 0.0693. The molecule has 0 spiro atoms. The first-order chi connectivity index (χ1) is 15.2. The largest absolute Gasteiger partial charge is 0.508 e. The van der Waals surface area contributed by atoms with Gasteiger partial charge in [-0.2, -0.15) is 23.3 Å². The number of halogens is 3. The van der Waals surface area contributed by atoms with Crippen molar-refractivity contribution in [1.29, 1.82) is 0 Å². The maximum Gasteiger partial charge on any atom is 0.438 e. The SMILES string of the molecule is Oc1ccc(-c2csc(N3N=C(c4ccc5ccccc5c4)C[C@]3(O)C(F)(F)F)n2)cc1. The van der Waals surface area contributed by atoms with Gasteiger partial charge in [-0.25, -0.2) is 4.98 Å². The lowest BCUT2D eigenvalue weighted by molar-refractivity contribution is -0.254. The lowest BCUT2D eigenvalue weighted by atomic mass is 9.98. The predicted molar refractivity (Wildman–Crippen MR) is 118 cm³/mol. The molecule has 0 amide bonds. The first kappa shape index (κ1) is 20.5. The van der Waals surface area contributed by atoms with Crippen LogP contribution in [-0.2, 0) is 0 Å². The molecule has 2 N–H and O–H groups in total. The van der Waals surface area contributed by atoms with E-state index < -0.39 is 18.3 Å². The van der Waals surface area contributed by atoms with E-state index in [4.69, 9.17) is 0 Å². The molecule has 3 aromatic carbocycles. The summed E-state index contributed by atoms with van der Waals surface area (Å²) in [5.74, 6) is 0.0693. The van der Waals surface area contributed by atoms with Crippen molar-refractivity contribution in [2.24, 2.45) is 5.10 Å². The van der Waals surface area contributed by atoms with Gasteiger partial charge in [-0.15, -0.1) is 11.3 Å². The van der Waals surface area contributed by atoms with Crippen LogP contribution in [0, 0.1) is 0 Å². The van der Waals surface area contributed by atoms with E-state index in [0.29, 0.717) is 21.8 Å². The first-order valence-electron chi connectivity index (χ1n) is 9.65. The van der Waals surface area contributed by atoms with E-state index in [-0.39, 0.29) is 16.6 Å². The Morgan fingerprint density at radius 1 is 0.938 bits per heavy atom. The molecule has 4 aromatic rings. The molecule has 5 rings (SSSR count). The van der Waals surface area contributed by atoms with Crippen molar-refractivity contribution < 1.29 is 23.4 Å². The van der Waals surface area contributed by atoms with Crippen molar-refractivity contribution in [2.45, 2.75) is 18.3 Å². The van der Waals surface area contributed by atoms with E-state index in [2.05, 4.69) is 10.1 Å². The van der Waals surface area contributed by atoms with E-state index >= 15 is 0 Å². The number of phenolic OH excluding ortho intramolecular Hbond substituents is 1. The molecule has 0 radical (unpaired) electrons. The number of aromatic nitrogens is 1. The number of hydrogen-bond acceptors (Lipinski definition) is 6. The van der Waals surface area contributed by atoms with Crippen LogP contribution in [0.5, 0.6) is 5.75 Å². The molecule has 1 aromatic heterocycles. The van der Waals surface area contributed by atoms with Gasteiger partial charge in [0.2, 0.25) is 5.13 Å². The number of rotatable bonds is 3. The van der Waals surface area contributed by atoms with E-state index in [0.717, 1.165) is 22.1 Å². The number of nitrogens with zero attached hydrogens (tertiary/aromatic N) is 3. The van der Waals surface area contributed by atoms with Crippen molar-refractivity contribution in [1.82, 2.24) is 4.98 Å². The van der Waals surface area contributed by atoms with Gasteiger partial charge in [0, 0.05) is 10.9 Å². The molecule has 0 saturated carbocycles. The summed E-state index contributed by atoms with van der Waals surface area (Å²) >= 11 is 0.949. The summed E-state index contributed by atoms with van der Waals surface area (Å²) in [6.45, 7) is 0. The van der Waals surface area contributed by atoms with Crippen LogP contribution in [0.3, 0.4) is 0 Å². The second-order valence-corrected chi connectivity index (χ2v) is 8.31. The van der Waals surface area contributed by atoms with Gasteiger partial charge in [0.1, 0.15) is 5.75 Å². The molecule has 0 unspecified atom stereocenters. The highest BCUT2D eigenvalue weighted by atomic mass is 32.1. The van der Waals surface area contributed by atoms with Crippen LogP contribution in [0.2, 0.25) is 0 Å². The van der Waals surface area contributed by atoms with Gasteiger partial charge in [0.05, 0.1) is 17.8 Å². The molecule has 1 aliphatic heterocycles. The van der Waals surface area contributed by atoms with Gasteiger partial charge in [-0.1, -0.05) is 36.4 Å². The fraction of sp³-hybridized carbons (Fsp3) is 0.130. The monoisotopic (exact) mass is 455 g/mol. The zero-order valence-corrected chi connectivity index (χ0v) is 17.2. The van der Waals surface area contributed by atoms with Crippen molar-refractivity contribution in [3.05, 3.63) is 77.7 Å². The molecule has 162 valence electrons. The Kier molecular flexibility index (Phi) is 4.68. The number of aromatic hydroxyl groups is 1. The van der Waals surface area contributed by atoms with Crippen molar-refractivity contribution in [3.8, 4) is 17.0 Å². The summed E-state index contributed by atoms with van der Waals surface area (Å²) in [6, 6.07) is 18.9. The smallest absolute Gasteiger partial charge is 0.438 e. The summed E-state index contributed by atoms with van der Waals surface area (Å²) in [7, 11) is 0. The van der Waals surface area contributed by atoms with Crippen LogP contribution in [0.25, 0.3) is 22.0 Å². The number of alkyl halides is 3. The van der Waals surface area contributed by atoms with E-state index in [1.54, 1.807) is 29.6 Å². The lowest BCUT2D eigenvalue weighted by Gasteiger charge is -2.32. The highest BCUT2D eigenvalue weighted by Gasteiger charge is 2.62. The molecule has 9 heteroatoms. The summed E-state index contributed by atoms with van der Waals surface area (Å²) in [4.78, 5) is 4.27. The normalized spacial score (nSPS) is 18.9. The van der Waals surface area contributed by atoms with E-state index in [1.165, 1.54) is 12.1 Å².